The molecule has 0 saturated carbocycles. The van der Waals surface area contributed by atoms with E-state index < -0.39 is 20.0 Å². The number of benzene rings is 4. The highest BCUT2D eigenvalue weighted by molar-refractivity contribution is 6.71. The number of anilines is 2. The molecule has 2 amide bonds. The first-order valence-electron chi connectivity index (χ1n) is 17.9. The number of aliphatic hydroxyl groups excluding tert-OH is 1. The Kier molecular flexibility index (Phi) is 10.1. The van der Waals surface area contributed by atoms with E-state index in [2.05, 4.69) is 15.6 Å². The molecule has 0 aliphatic carbocycles. The average molecular weight is 732 g/mol. The van der Waals surface area contributed by atoms with Gasteiger partial charge in [0.2, 0.25) is 0 Å². The van der Waals surface area contributed by atoms with Gasteiger partial charge < -0.3 is 29.6 Å². The van der Waals surface area contributed by atoms with Crippen LogP contribution in [0.15, 0.2) is 109 Å². The highest BCUT2D eigenvalue weighted by Crippen LogP contribution is 2.60. The molecule has 11 nitrogen and oxygen atoms in total. The lowest BCUT2D eigenvalue weighted by molar-refractivity contribution is -0.146. The molecule has 5 aromatic rings. The van der Waals surface area contributed by atoms with Gasteiger partial charge in [0, 0.05) is 41.0 Å². The topological polar surface area (TPSA) is 139 Å². The molecule has 1 unspecified atom stereocenters. The van der Waals surface area contributed by atoms with Gasteiger partial charge in [-0.05, 0) is 73.1 Å². The molecule has 274 valence electrons. The number of aromatic nitrogens is 3. The van der Waals surface area contributed by atoms with Crippen molar-refractivity contribution in [3.05, 3.63) is 137 Å². The first-order valence-corrected chi connectivity index (χ1v) is 21.0. The third kappa shape index (κ3) is 6.90. The summed E-state index contributed by atoms with van der Waals surface area (Å²) in [6.07, 6.45) is 1.84. The number of nitrogens with zero attached hydrogens (tertiary/aromatic N) is 4. The summed E-state index contributed by atoms with van der Waals surface area (Å²) in [6.45, 7) is 6.47. The average Bonchev–Trinajstić information content (AvgIpc) is 3.82. The van der Waals surface area contributed by atoms with Crippen LogP contribution in [0.3, 0.4) is 0 Å². The second-order valence-electron chi connectivity index (χ2n) is 14.5. The summed E-state index contributed by atoms with van der Waals surface area (Å²) in [5.41, 5.74) is 3.25. The van der Waals surface area contributed by atoms with E-state index in [1.165, 1.54) is 0 Å². The minimum atomic E-state index is -2.94. The molecule has 2 aliphatic heterocycles. The molecule has 0 radical (unpaired) electrons. The van der Waals surface area contributed by atoms with Gasteiger partial charge >= 0.3 is 0 Å². The van der Waals surface area contributed by atoms with E-state index >= 15 is 0 Å². The van der Waals surface area contributed by atoms with Gasteiger partial charge in [0.15, 0.2) is 13.9 Å². The third-order valence-corrected chi connectivity index (χ3v) is 13.2. The van der Waals surface area contributed by atoms with Crippen LogP contribution in [0.1, 0.15) is 52.0 Å². The van der Waals surface area contributed by atoms with Crippen molar-refractivity contribution in [1.29, 1.82) is 0 Å². The van der Waals surface area contributed by atoms with Crippen molar-refractivity contribution in [3.8, 4) is 5.75 Å². The molecule has 0 bridgehead atoms. The Morgan fingerprint density at radius 2 is 1.72 bits per heavy atom. The van der Waals surface area contributed by atoms with Crippen LogP contribution in [0.25, 0.3) is 0 Å². The summed E-state index contributed by atoms with van der Waals surface area (Å²) in [5, 5.41) is 22.0. The van der Waals surface area contributed by atoms with Crippen molar-refractivity contribution in [3.63, 3.8) is 0 Å². The van der Waals surface area contributed by atoms with Crippen LogP contribution in [0, 0.1) is 5.92 Å². The standard InChI is InChI=1S/C41H45N5O6Si/c1-27-38(53(3,4)50)37(21-22-45-25-35(43-44-45)33(26-47)29-13-9-6-10-14-29)52-41(27)34-23-31(42-39(48)30-15-18-32(51-2)19-16-30)17-20-36(34)46(40(41)49)24-28-11-7-5-8-12-28/h5-20,23,25,27,33,37-38,47,50H,21-22,24,26H2,1-4H3,(H,42,48)/t27-,33?,37+,38-,41+/m0/s1. The zero-order chi connectivity index (χ0) is 37.3. The number of hydrogen-bond acceptors (Lipinski definition) is 8. The summed E-state index contributed by atoms with van der Waals surface area (Å²) < 4.78 is 14.0. The largest absolute Gasteiger partial charge is 0.497 e. The Labute approximate surface area is 310 Å². The molecule has 12 heteroatoms. The van der Waals surface area contributed by atoms with Crippen molar-refractivity contribution < 1.29 is 29.0 Å². The van der Waals surface area contributed by atoms with Gasteiger partial charge in [-0.3, -0.25) is 14.3 Å². The second-order valence-corrected chi connectivity index (χ2v) is 18.5. The molecule has 2 aliphatic rings. The van der Waals surface area contributed by atoms with E-state index in [4.69, 9.17) is 9.47 Å². The molecule has 1 saturated heterocycles. The van der Waals surface area contributed by atoms with Gasteiger partial charge in [0.25, 0.3) is 11.8 Å². The fourth-order valence-electron chi connectivity index (χ4n) is 8.19. The maximum atomic E-state index is 14.9. The minimum absolute atomic E-state index is 0.107. The van der Waals surface area contributed by atoms with Crippen LogP contribution in [0.5, 0.6) is 5.75 Å². The van der Waals surface area contributed by atoms with Crippen LogP contribution >= 0.6 is 0 Å². The number of methoxy groups -OCH3 is 1. The fraction of sp³-hybridized carbons (Fsp3) is 0.317. The predicted molar refractivity (Wildman–Crippen MR) is 204 cm³/mol. The van der Waals surface area contributed by atoms with Crippen LogP contribution in [0.4, 0.5) is 11.4 Å². The lowest BCUT2D eigenvalue weighted by Crippen LogP contribution is -2.46. The summed E-state index contributed by atoms with van der Waals surface area (Å²) in [4.78, 5) is 41.9. The number of hydrogen-bond donors (Lipinski definition) is 3. The maximum absolute atomic E-state index is 14.9. The van der Waals surface area contributed by atoms with Crippen molar-refractivity contribution in [2.45, 2.75) is 62.7 Å². The maximum Gasteiger partial charge on any atom is 0.264 e. The van der Waals surface area contributed by atoms with E-state index in [1.807, 2.05) is 99.0 Å². The van der Waals surface area contributed by atoms with Gasteiger partial charge in [-0.2, -0.15) is 0 Å². The first kappa shape index (κ1) is 36.2. The van der Waals surface area contributed by atoms with E-state index in [1.54, 1.807) is 47.0 Å². The SMILES string of the molecule is COc1ccc(C(=O)Nc2ccc3c(c2)[C@@]2(O[C@H](CCn4cc(C(CO)c5ccccc5)nn4)[C@@H]([Si](C)(C)O)[C@@H]2C)C(=O)N3Cc2ccccc2)cc1. The number of aryl methyl sites for hydroxylation is 1. The number of fused-ring (bicyclic) bond motifs is 2. The van der Waals surface area contributed by atoms with Gasteiger partial charge in [-0.25, -0.2) is 0 Å². The lowest BCUT2D eigenvalue weighted by Gasteiger charge is -2.32. The van der Waals surface area contributed by atoms with E-state index in [0.29, 0.717) is 53.5 Å². The van der Waals surface area contributed by atoms with Crippen molar-refractivity contribution >= 4 is 31.5 Å². The number of ether oxygens (including phenoxy) is 2. The minimum Gasteiger partial charge on any atom is -0.497 e. The number of aliphatic hydroxyl groups is 1. The van der Waals surface area contributed by atoms with Gasteiger partial charge in [-0.1, -0.05) is 72.8 Å². The van der Waals surface area contributed by atoms with Crippen molar-refractivity contribution in [2.24, 2.45) is 5.92 Å². The Bertz CT molecular complexity index is 2070. The highest BCUT2D eigenvalue weighted by atomic mass is 28.4. The van der Waals surface area contributed by atoms with Crippen LogP contribution in [-0.2, 0) is 28.2 Å². The normalized spacial score (nSPS) is 21.5. The van der Waals surface area contributed by atoms with Crippen molar-refractivity contribution in [2.75, 3.05) is 23.9 Å². The molecule has 1 aromatic heterocycles. The van der Waals surface area contributed by atoms with E-state index in [-0.39, 0.29) is 35.8 Å². The summed E-state index contributed by atoms with van der Waals surface area (Å²) in [7, 11) is -1.36. The predicted octanol–water partition coefficient (Wildman–Crippen LogP) is 6.10. The molecular formula is C41H45N5O6Si. The zero-order valence-corrected chi connectivity index (χ0v) is 31.3. The summed E-state index contributed by atoms with van der Waals surface area (Å²) in [6, 6.07) is 31.9. The number of amides is 2. The Balaban J connectivity index is 1.21. The van der Waals surface area contributed by atoms with E-state index in [0.717, 1.165) is 11.1 Å². The molecule has 4 aromatic carbocycles. The van der Waals surface area contributed by atoms with Crippen LogP contribution < -0.4 is 15.0 Å². The van der Waals surface area contributed by atoms with Crippen LogP contribution in [-0.4, -0.2) is 64.8 Å². The molecule has 3 heterocycles. The molecular weight excluding hydrogens is 687 g/mol. The molecule has 53 heavy (non-hydrogen) atoms. The highest BCUT2D eigenvalue weighted by Gasteiger charge is 2.66. The number of carbonyl (C=O) groups excluding carboxylic acids is 2. The fourth-order valence-corrected chi connectivity index (χ4v) is 10.8. The quantitative estimate of drug-likeness (QED) is 0.131. The number of carbonyl (C=O) groups is 2. The van der Waals surface area contributed by atoms with E-state index in [9.17, 15) is 19.5 Å². The monoisotopic (exact) mass is 731 g/mol. The molecule has 3 N–H and O–H groups in total. The molecule has 7 rings (SSSR count). The first-order chi connectivity index (χ1) is 25.5. The number of nitrogens with one attached hydrogen (secondary N) is 1. The summed E-state index contributed by atoms with van der Waals surface area (Å²) in [5.74, 6) is -0.535. The van der Waals surface area contributed by atoms with Gasteiger partial charge in [0.1, 0.15) is 5.75 Å². The Morgan fingerprint density at radius 3 is 2.38 bits per heavy atom. The Hall–Kier alpha value is -5.14. The lowest BCUT2D eigenvalue weighted by atomic mass is 9.82. The van der Waals surface area contributed by atoms with Crippen LogP contribution in [0.2, 0.25) is 18.6 Å². The summed E-state index contributed by atoms with van der Waals surface area (Å²) >= 11 is 0. The smallest absolute Gasteiger partial charge is 0.264 e. The molecule has 1 spiro atoms. The Morgan fingerprint density at radius 1 is 1.02 bits per heavy atom. The second kappa shape index (κ2) is 14.7. The molecule has 5 atom stereocenters. The third-order valence-electron chi connectivity index (χ3n) is 10.7. The van der Waals surface area contributed by atoms with Gasteiger partial charge in [-0.15, -0.1) is 5.10 Å². The number of rotatable bonds is 12. The van der Waals surface area contributed by atoms with Gasteiger partial charge in [0.05, 0.1) is 43.7 Å². The molecule has 1 fully saturated rings. The van der Waals surface area contributed by atoms with Crippen molar-refractivity contribution in [1.82, 2.24) is 15.0 Å². The zero-order valence-electron chi connectivity index (χ0n) is 30.3.